The molecule has 1 aliphatic heterocycles. The SMILES string of the molecule is CCn1cnnc1-c1nn(C)c2c1CN(C(=O)COc1ccc(F)cc1)CC2. The van der Waals surface area contributed by atoms with E-state index in [1.165, 1.54) is 24.3 Å². The number of fused-ring (bicyclic) bond motifs is 1. The number of amides is 1. The summed E-state index contributed by atoms with van der Waals surface area (Å²) in [5.41, 5.74) is 2.85. The smallest absolute Gasteiger partial charge is 0.260 e. The first-order valence-corrected chi connectivity index (χ1v) is 9.16. The Kier molecular flexibility index (Phi) is 4.81. The summed E-state index contributed by atoms with van der Waals surface area (Å²) in [5.74, 6) is 0.704. The monoisotopic (exact) mass is 384 g/mol. The zero-order valence-electron chi connectivity index (χ0n) is 15.8. The van der Waals surface area contributed by atoms with Crippen LogP contribution in [0.15, 0.2) is 30.6 Å². The quantitative estimate of drug-likeness (QED) is 0.670. The Labute approximate surface area is 161 Å². The summed E-state index contributed by atoms with van der Waals surface area (Å²) in [7, 11) is 1.91. The van der Waals surface area contributed by atoms with Crippen LogP contribution in [-0.4, -0.2) is 48.5 Å². The molecular weight excluding hydrogens is 363 g/mol. The van der Waals surface area contributed by atoms with Crippen LogP contribution in [0.2, 0.25) is 0 Å². The van der Waals surface area contributed by atoms with Crippen molar-refractivity contribution in [3.63, 3.8) is 0 Å². The second-order valence-corrected chi connectivity index (χ2v) is 6.65. The third kappa shape index (κ3) is 3.35. The zero-order valence-corrected chi connectivity index (χ0v) is 15.8. The number of aryl methyl sites for hydroxylation is 2. The van der Waals surface area contributed by atoms with Crippen LogP contribution in [0.25, 0.3) is 11.5 Å². The molecule has 0 N–H and O–H groups in total. The molecule has 1 amide bonds. The van der Waals surface area contributed by atoms with Gasteiger partial charge in [0, 0.05) is 44.4 Å². The van der Waals surface area contributed by atoms with Gasteiger partial charge in [-0.1, -0.05) is 0 Å². The van der Waals surface area contributed by atoms with Gasteiger partial charge in [-0.25, -0.2) is 4.39 Å². The van der Waals surface area contributed by atoms with Crippen LogP contribution in [0, 0.1) is 5.82 Å². The molecule has 28 heavy (non-hydrogen) atoms. The third-order valence-corrected chi connectivity index (χ3v) is 4.94. The van der Waals surface area contributed by atoms with E-state index in [1.807, 2.05) is 23.2 Å². The number of carbonyl (C=O) groups is 1. The summed E-state index contributed by atoms with van der Waals surface area (Å²) in [6.45, 7) is 3.70. The van der Waals surface area contributed by atoms with Crippen molar-refractivity contribution >= 4 is 5.91 Å². The van der Waals surface area contributed by atoms with Crippen LogP contribution in [0.5, 0.6) is 5.75 Å². The number of hydrogen-bond acceptors (Lipinski definition) is 5. The maximum atomic E-state index is 13.0. The number of carbonyl (C=O) groups excluding carboxylic acids is 1. The average molecular weight is 384 g/mol. The molecule has 0 saturated carbocycles. The van der Waals surface area contributed by atoms with Crippen molar-refractivity contribution in [3.05, 3.63) is 47.7 Å². The van der Waals surface area contributed by atoms with E-state index in [1.54, 1.807) is 11.2 Å². The molecule has 0 atom stereocenters. The topological polar surface area (TPSA) is 78.1 Å². The van der Waals surface area contributed by atoms with Gasteiger partial charge in [-0.3, -0.25) is 9.48 Å². The summed E-state index contributed by atoms with van der Waals surface area (Å²) in [4.78, 5) is 14.4. The molecule has 0 aliphatic carbocycles. The highest BCUT2D eigenvalue weighted by molar-refractivity contribution is 5.78. The van der Waals surface area contributed by atoms with Gasteiger partial charge in [-0.15, -0.1) is 10.2 Å². The highest BCUT2D eigenvalue weighted by Crippen LogP contribution is 2.28. The van der Waals surface area contributed by atoms with E-state index in [2.05, 4.69) is 15.3 Å². The van der Waals surface area contributed by atoms with Crippen LogP contribution in [0.4, 0.5) is 4.39 Å². The fourth-order valence-corrected chi connectivity index (χ4v) is 3.42. The van der Waals surface area contributed by atoms with E-state index in [9.17, 15) is 9.18 Å². The normalized spacial score (nSPS) is 13.5. The van der Waals surface area contributed by atoms with Crippen LogP contribution < -0.4 is 4.74 Å². The molecular formula is C19H21FN6O2. The number of nitrogens with zero attached hydrogens (tertiary/aromatic N) is 6. The number of ether oxygens (including phenoxy) is 1. The number of benzene rings is 1. The summed E-state index contributed by atoms with van der Waals surface area (Å²) >= 11 is 0. The van der Waals surface area contributed by atoms with Gasteiger partial charge in [-0.2, -0.15) is 5.10 Å². The Bertz CT molecular complexity index is 995. The van der Waals surface area contributed by atoms with Crippen molar-refractivity contribution in [1.82, 2.24) is 29.4 Å². The lowest BCUT2D eigenvalue weighted by atomic mass is 10.0. The zero-order chi connectivity index (χ0) is 19.7. The lowest BCUT2D eigenvalue weighted by Gasteiger charge is -2.27. The second kappa shape index (κ2) is 7.41. The lowest BCUT2D eigenvalue weighted by Crippen LogP contribution is -2.39. The average Bonchev–Trinajstić information content (AvgIpc) is 3.31. The highest BCUT2D eigenvalue weighted by Gasteiger charge is 2.29. The van der Waals surface area contributed by atoms with E-state index in [4.69, 9.17) is 4.74 Å². The molecule has 0 radical (unpaired) electrons. The maximum Gasteiger partial charge on any atom is 0.260 e. The Hall–Kier alpha value is -3.23. The molecule has 4 rings (SSSR count). The molecule has 1 aliphatic rings. The van der Waals surface area contributed by atoms with Gasteiger partial charge in [0.2, 0.25) is 0 Å². The van der Waals surface area contributed by atoms with Crippen LogP contribution in [-0.2, 0) is 31.4 Å². The molecule has 9 heteroatoms. The van der Waals surface area contributed by atoms with Crippen molar-refractivity contribution in [2.24, 2.45) is 7.05 Å². The highest BCUT2D eigenvalue weighted by atomic mass is 19.1. The number of aromatic nitrogens is 5. The van der Waals surface area contributed by atoms with E-state index >= 15 is 0 Å². The minimum Gasteiger partial charge on any atom is -0.484 e. The number of rotatable bonds is 5. The Balaban J connectivity index is 1.51. The van der Waals surface area contributed by atoms with Gasteiger partial charge >= 0.3 is 0 Å². The van der Waals surface area contributed by atoms with Crippen molar-refractivity contribution in [3.8, 4) is 17.3 Å². The first-order chi connectivity index (χ1) is 13.6. The Morgan fingerprint density at radius 1 is 1.29 bits per heavy atom. The fraction of sp³-hybridized carbons (Fsp3) is 0.368. The summed E-state index contributed by atoms with van der Waals surface area (Å²) < 4.78 is 22.3. The van der Waals surface area contributed by atoms with Crippen LogP contribution in [0.1, 0.15) is 18.2 Å². The maximum absolute atomic E-state index is 13.0. The Morgan fingerprint density at radius 2 is 2.07 bits per heavy atom. The molecule has 0 bridgehead atoms. The standard InChI is InChI=1S/C19H21FN6O2/c1-3-25-12-21-22-19(25)18-15-10-26(9-8-16(15)24(2)23-18)17(27)11-28-14-6-4-13(20)5-7-14/h4-7,12H,3,8-11H2,1-2H3. The van der Waals surface area contributed by atoms with E-state index in [-0.39, 0.29) is 18.3 Å². The summed E-state index contributed by atoms with van der Waals surface area (Å²) in [6.07, 6.45) is 2.39. The first kappa shape index (κ1) is 18.1. The summed E-state index contributed by atoms with van der Waals surface area (Å²) in [6, 6.07) is 5.62. The van der Waals surface area contributed by atoms with Crippen molar-refractivity contribution in [2.75, 3.05) is 13.2 Å². The number of hydrogen-bond donors (Lipinski definition) is 0. The molecule has 0 fully saturated rings. The molecule has 2 aromatic heterocycles. The largest absolute Gasteiger partial charge is 0.484 e. The molecule has 3 heterocycles. The molecule has 3 aromatic rings. The van der Waals surface area contributed by atoms with E-state index < -0.39 is 0 Å². The molecule has 0 unspecified atom stereocenters. The minimum atomic E-state index is -0.341. The van der Waals surface area contributed by atoms with E-state index in [0.717, 1.165) is 23.5 Å². The number of halogens is 1. The molecule has 0 saturated heterocycles. The third-order valence-electron chi connectivity index (χ3n) is 4.94. The molecule has 1 aromatic carbocycles. The molecule has 8 nitrogen and oxygen atoms in total. The Morgan fingerprint density at radius 3 is 2.82 bits per heavy atom. The lowest BCUT2D eigenvalue weighted by molar-refractivity contribution is -0.134. The van der Waals surface area contributed by atoms with Crippen LogP contribution in [0.3, 0.4) is 0 Å². The fourth-order valence-electron chi connectivity index (χ4n) is 3.42. The van der Waals surface area contributed by atoms with Gasteiger partial charge in [0.25, 0.3) is 5.91 Å². The van der Waals surface area contributed by atoms with Gasteiger partial charge in [0.05, 0.1) is 0 Å². The van der Waals surface area contributed by atoms with Gasteiger partial charge in [-0.05, 0) is 31.2 Å². The predicted molar refractivity (Wildman–Crippen MR) is 98.9 cm³/mol. The molecule has 0 spiro atoms. The van der Waals surface area contributed by atoms with Crippen LogP contribution >= 0.6 is 0 Å². The molecule has 146 valence electrons. The van der Waals surface area contributed by atoms with E-state index in [0.29, 0.717) is 31.1 Å². The van der Waals surface area contributed by atoms with Crippen molar-refractivity contribution in [1.29, 1.82) is 0 Å². The van der Waals surface area contributed by atoms with Crippen molar-refractivity contribution in [2.45, 2.75) is 26.4 Å². The predicted octanol–water partition coefficient (Wildman–Crippen LogP) is 1.80. The van der Waals surface area contributed by atoms with Gasteiger partial charge < -0.3 is 14.2 Å². The van der Waals surface area contributed by atoms with Gasteiger partial charge in [0.1, 0.15) is 23.6 Å². The summed E-state index contributed by atoms with van der Waals surface area (Å²) in [5, 5.41) is 12.8. The minimum absolute atomic E-state index is 0.0955. The van der Waals surface area contributed by atoms with Crippen molar-refractivity contribution < 1.29 is 13.9 Å². The first-order valence-electron chi connectivity index (χ1n) is 9.16. The van der Waals surface area contributed by atoms with Gasteiger partial charge in [0.15, 0.2) is 12.4 Å². The second-order valence-electron chi connectivity index (χ2n) is 6.65.